The number of benzene rings is 1. The first-order chi connectivity index (χ1) is 7.66. The molecule has 1 aliphatic rings. The average molecular weight is 241 g/mol. The summed E-state index contributed by atoms with van der Waals surface area (Å²) in [4.78, 5) is 0. The molecule has 88 valence electrons. The second-order valence-corrected chi connectivity index (χ2v) is 5.76. The first-order valence-corrected chi connectivity index (χ1v) is 6.35. The van der Waals surface area contributed by atoms with Gasteiger partial charge in [-0.2, -0.15) is 0 Å². The fourth-order valence-electron chi connectivity index (χ4n) is 1.64. The van der Waals surface area contributed by atoms with Gasteiger partial charge >= 0.3 is 0 Å². The van der Waals surface area contributed by atoms with Crippen LogP contribution in [0.2, 0.25) is 0 Å². The second-order valence-electron chi connectivity index (χ2n) is 4.08. The zero-order valence-corrected chi connectivity index (χ0v) is 10.0. The third kappa shape index (κ3) is 2.75. The molecule has 1 fully saturated rings. The highest BCUT2D eigenvalue weighted by atomic mass is 32.2. The summed E-state index contributed by atoms with van der Waals surface area (Å²) in [6.45, 7) is 3.76. The van der Waals surface area contributed by atoms with Crippen LogP contribution < -0.4 is 5.73 Å². The van der Waals surface area contributed by atoms with Gasteiger partial charge in [-0.3, -0.25) is 0 Å². The molecule has 16 heavy (non-hydrogen) atoms. The summed E-state index contributed by atoms with van der Waals surface area (Å²) in [5.74, 6) is -0.219. The molecule has 2 N–H and O–H groups in total. The third-order valence-corrected chi connectivity index (χ3v) is 4.15. The molecule has 0 saturated carbocycles. The molecule has 0 amide bonds. The van der Waals surface area contributed by atoms with E-state index < -0.39 is 0 Å². The Hall–Kier alpha value is -0.580. The van der Waals surface area contributed by atoms with Gasteiger partial charge in [0.2, 0.25) is 0 Å². The van der Waals surface area contributed by atoms with Crippen LogP contribution in [0.5, 0.6) is 0 Å². The van der Waals surface area contributed by atoms with Crippen molar-refractivity contribution in [3.8, 4) is 0 Å². The molecule has 2 unspecified atom stereocenters. The Morgan fingerprint density at radius 2 is 2.00 bits per heavy atom. The second kappa shape index (κ2) is 5.17. The first-order valence-electron chi connectivity index (χ1n) is 5.41. The van der Waals surface area contributed by atoms with Crippen LogP contribution in [0.1, 0.15) is 18.5 Å². The Morgan fingerprint density at radius 1 is 1.38 bits per heavy atom. The van der Waals surface area contributed by atoms with Crippen LogP contribution in [0, 0.1) is 5.82 Å². The summed E-state index contributed by atoms with van der Waals surface area (Å²) >= 11 is 1.85. The Bertz CT molecular complexity index is 339. The largest absolute Gasteiger partial charge is 0.379 e. The van der Waals surface area contributed by atoms with E-state index in [1.54, 1.807) is 12.1 Å². The van der Waals surface area contributed by atoms with Crippen molar-refractivity contribution in [3.63, 3.8) is 0 Å². The Labute approximate surface area is 99.4 Å². The number of hydrogen-bond acceptors (Lipinski definition) is 3. The lowest BCUT2D eigenvalue weighted by Gasteiger charge is -2.30. The van der Waals surface area contributed by atoms with Crippen LogP contribution in [0.3, 0.4) is 0 Å². The summed E-state index contributed by atoms with van der Waals surface area (Å²) in [6.07, 6.45) is 0. The molecule has 0 spiro atoms. The number of thioether (sulfide) groups is 1. The van der Waals surface area contributed by atoms with Gasteiger partial charge in [-0.25, -0.2) is 4.39 Å². The van der Waals surface area contributed by atoms with Crippen LogP contribution >= 0.6 is 11.8 Å². The minimum absolute atomic E-state index is 0.0498. The van der Waals surface area contributed by atoms with Crippen molar-refractivity contribution < 1.29 is 9.13 Å². The topological polar surface area (TPSA) is 35.2 Å². The van der Waals surface area contributed by atoms with E-state index in [0.29, 0.717) is 10.5 Å². The fourth-order valence-corrected chi connectivity index (χ4v) is 2.92. The highest BCUT2D eigenvalue weighted by Crippen LogP contribution is 2.30. The Morgan fingerprint density at radius 3 is 2.50 bits per heavy atom. The minimum atomic E-state index is -0.219. The monoisotopic (exact) mass is 241 g/mol. The molecule has 1 saturated heterocycles. The third-order valence-electron chi connectivity index (χ3n) is 2.78. The molecular formula is C12H16FNOS. The molecule has 1 aliphatic heterocycles. The SMILES string of the molecule is CC(SC1COC1)C(N)c1ccc(F)cc1. The molecule has 0 aliphatic carbocycles. The predicted octanol–water partition coefficient (Wildman–Crippen LogP) is 2.35. The normalized spacial score (nSPS) is 20.2. The Kier molecular flexibility index (Phi) is 3.84. The van der Waals surface area contributed by atoms with E-state index in [9.17, 15) is 4.39 Å². The molecule has 2 nitrogen and oxygen atoms in total. The van der Waals surface area contributed by atoms with Crippen molar-refractivity contribution in [1.29, 1.82) is 0 Å². The number of halogens is 1. The average Bonchev–Trinajstić information content (AvgIpc) is 2.23. The molecule has 0 aromatic heterocycles. The van der Waals surface area contributed by atoms with E-state index in [1.807, 2.05) is 11.8 Å². The molecule has 1 heterocycles. The van der Waals surface area contributed by atoms with E-state index in [0.717, 1.165) is 18.8 Å². The van der Waals surface area contributed by atoms with Crippen LogP contribution in [-0.4, -0.2) is 23.7 Å². The van der Waals surface area contributed by atoms with Gasteiger partial charge in [0.15, 0.2) is 0 Å². The van der Waals surface area contributed by atoms with Gasteiger partial charge in [-0.1, -0.05) is 19.1 Å². The van der Waals surface area contributed by atoms with Crippen molar-refractivity contribution >= 4 is 11.8 Å². The van der Waals surface area contributed by atoms with Crippen molar-refractivity contribution in [2.75, 3.05) is 13.2 Å². The minimum Gasteiger partial charge on any atom is -0.379 e. The van der Waals surface area contributed by atoms with E-state index in [4.69, 9.17) is 10.5 Å². The smallest absolute Gasteiger partial charge is 0.123 e. The molecule has 0 radical (unpaired) electrons. The van der Waals surface area contributed by atoms with Crippen LogP contribution in [0.4, 0.5) is 4.39 Å². The van der Waals surface area contributed by atoms with Crippen LogP contribution in [0.25, 0.3) is 0 Å². The molecule has 4 heteroatoms. The van der Waals surface area contributed by atoms with E-state index in [2.05, 4.69) is 6.92 Å². The molecule has 0 bridgehead atoms. The first kappa shape index (κ1) is 11.9. The fraction of sp³-hybridized carbons (Fsp3) is 0.500. The highest BCUT2D eigenvalue weighted by Gasteiger charge is 2.25. The Balaban J connectivity index is 1.94. The van der Waals surface area contributed by atoms with Gasteiger partial charge < -0.3 is 10.5 Å². The van der Waals surface area contributed by atoms with Crippen LogP contribution in [-0.2, 0) is 4.74 Å². The highest BCUT2D eigenvalue weighted by molar-refractivity contribution is 8.00. The van der Waals surface area contributed by atoms with Gasteiger partial charge in [-0.05, 0) is 17.7 Å². The lowest BCUT2D eigenvalue weighted by molar-refractivity contribution is 0.0453. The van der Waals surface area contributed by atoms with Gasteiger partial charge in [0, 0.05) is 11.3 Å². The zero-order chi connectivity index (χ0) is 11.5. The summed E-state index contributed by atoms with van der Waals surface area (Å²) in [5.41, 5.74) is 7.12. The van der Waals surface area contributed by atoms with Crippen molar-refractivity contribution in [3.05, 3.63) is 35.6 Å². The number of nitrogens with two attached hydrogens (primary N) is 1. The maximum Gasteiger partial charge on any atom is 0.123 e. The number of ether oxygens (including phenoxy) is 1. The molecule has 1 aromatic rings. The molecule has 2 rings (SSSR count). The van der Waals surface area contributed by atoms with E-state index in [1.165, 1.54) is 12.1 Å². The lowest BCUT2D eigenvalue weighted by Crippen LogP contribution is -2.34. The summed E-state index contributed by atoms with van der Waals surface area (Å²) in [7, 11) is 0. The number of hydrogen-bond donors (Lipinski definition) is 1. The maximum absolute atomic E-state index is 12.8. The number of rotatable bonds is 4. The standard InChI is InChI=1S/C12H16FNOS/c1-8(16-11-6-15-7-11)12(14)9-2-4-10(13)5-3-9/h2-5,8,11-12H,6-7,14H2,1H3. The van der Waals surface area contributed by atoms with Gasteiger partial charge in [-0.15, -0.1) is 11.8 Å². The van der Waals surface area contributed by atoms with Gasteiger partial charge in [0.1, 0.15) is 5.82 Å². The van der Waals surface area contributed by atoms with Gasteiger partial charge in [0.25, 0.3) is 0 Å². The molecule has 2 atom stereocenters. The quantitative estimate of drug-likeness (QED) is 0.879. The lowest BCUT2D eigenvalue weighted by atomic mass is 10.1. The summed E-state index contributed by atoms with van der Waals surface area (Å²) in [6, 6.07) is 6.38. The van der Waals surface area contributed by atoms with Crippen molar-refractivity contribution in [1.82, 2.24) is 0 Å². The van der Waals surface area contributed by atoms with E-state index in [-0.39, 0.29) is 11.9 Å². The maximum atomic E-state index is 12.8. The summed E-state index contributed by atoms with van der Waals surface area (Å²) < 4.78 is 17.9. The van der Waals surface area contributed by atoms with Crippen molar-refractivity contribution in [2.24, 2.45) is 5.73 Å². The van der Waals surface area contributed by atoms with Crippen molar-refractivity contribution in [2.45, 2.75) is 23.5 Å². The molecular weight excluding hydrogens is 225 g/mol. The van der Waals surface area contributed by atoms with Crippen LogP contribution in [0.15, 0.2) is 24.3 Å². The predicted molar refractivity (Wildman–Crippen MR) is 65.0 cm³/mol. The zero-order valence-electron chi connectivity index (χ0n) is 9.23. The summed E-state index contributed by atoms with van der Waals surface area (Å²) in [5, 5.41) is 0.890. The molecule has 1 aromatic carbocycles. The van der Waals surface area contributed by atoms with Gasteiger partial charge in [0.05, 0.1) is 18.5 Å². The van der Waals surface area contributed by atoms with E-state index >= 15 is 0 Å².